The van der Waals surface area contributed by atoms with Crippen LogP contribution in [0.1, 0.15) is 28.8 Å². The molecular formula is C27H28N2O6. The molecule has 0 aliphatic heterocycles. The van der Waals surface area contributed by atoms with Gasteiger partial charge in [0.05, 0.1) is 19.8 Å². The highest BCUT2D eigenvalue weighted by atomic mass is 16.5. The number of aliphatic carboxylic acids is 1. The molecule has 0 aromatic heterocycles. The van der Waals surface area contributed by atoms with Crippen LogP contribution in [0.2, 0.25) is 0 Å². The minimum atomic E-state index is -1.06. The molecule has 2 amide bonds. The number of benzene rings is 3. The average molecular weight is 477 g/mol. The molecule has 0 radical (unpaired) electrons. The maximum atomic E-state index is 13.1. The van der Waals surface area contributed by atoms with Gasteiger partial charge >= 0.3 is 5.97 Å². The SMILES string of the molecule is COc1cc(C(=O)N[C@@H](CCC(=O)O)C(=O)NCc2ccccc2)cc(OC)c1-c1ccccc1. The average Bonchev–Trinajstić information content (AvgIpc) is 2.89. The van der Waals surface area contributed by atoms with E-state index in [2.05, 4.69) is 10.6 Å². The fourth-order valence-electron chi connectivity index (χ4n) is 3.62. The summed E-state index contributed by atoms with van der Waals surface area (Å²) in [5, 5.41) is 14.5. The van der Waals surface area contributed by atoms with Crippen LogP contribution in [0.25, 0.3) is 11.1 Å². The Morgan fingerprint density at radius 1 is 0.886 bits per heavy atom. The van der Waals surface area contributed by atoms with E-state index in [1.54, 1.807) is 12.1 Å². The van der Waals surface area contributed by atoms with Crippen molar-refractivity contribution in [1.29, 1.82) is 0 Å². The molecule has 3 N–H and O–H groups in total. The third-order valence-corrected chi connectivity index (χ3v) is 5.41. The van der Waals surface area contributed by atoms with Crippen molar-refractivity contribution in [1.82, 2.24) is 10.6 Å². The van der Waals surface area contributed by atoms with Crippen LogP contribution in [-0.4, -0.2) is 43.2 Å². The third-order valence-electron chi connectivity index (χ3n) is 5.41. The number of carbonyl (C=O) groups is 3. The highest BCUT2D eigenvalue weighted by Gasteiger charge is 2.24. The first kappa shape index (κ1) is 25.3. The smallest absolute Gasteiger partial charge is 0.303 e. The van der Waals surface area contributed by atoms with Crippen LogP contribution in [0.3, 0.4) is 0 Å². The molecule has 3 aromatic rings. The van der Waals surface area contributed by atoms with Crippen molar-refractivity contribution >= 4 is 17.8 Å². The molecule has 0 heterocycles. The van der Waals surface area contributed by atoms with Crippen LogP contribution in [0.15, 0.2) is 72.8 Å². The zero-order valence-electron chi connectivity index (χ0n) is 19.6. The van der Waals surface area contributed by atoms with Gasteiger partial charge in [0.1, 0.15) is 17.5 Å². The molecule has 3 aromatic carbocycles. The Balaban J connectivity index is 1.82. The standard InChI is InChI=1S/C27H28N2O6/c1-34-22-15-20(16-23(35-2)25(22)19-11-7-4-8-12-19)26(32)29-21(13-14-24(30)31)27(33)28-17-18-9-5-3-6-10-18/h3-12,15-16,21H,13-14,17H2,1-2H3,(H,28,33)(H,29,32)(H,30,31)/t21-/m0/s1. The summed E-state index contributed by atoms with van der Waals surface area (Å²) >= 11 is 0. The van der Waals surface area contributed by atoms with Crippen molar-refractivity contribution in [3.8, 4) is 22.6 Å². The molecule has 0 aliphatic carbocycles. The number of hydrogen-bond acceptors (Lipinski definition) is 5. The molecule has 0 saturated heterocycles. The molecule has 0 saturated carbocycles. The summed E-state index contributed by atoms with van der Waals surface area (Å²) in [6.07, 6.45) is -0.332. The minimum absolute atomic E-state index is 0.0575. The van der Waals surface area contributed by atoms with E-state index in [4.69, 9.17) is 14.6 Å². The number of rotatable bonds is 11. The normalized spacial score (nSPS) is 11.3. The molecule has 0 unspecified atom stereocenters. The Morgan fingerprint density at radius 2 is 1.46 bits per heavy atom. The van der Waals surface area contributed by atoms with Gasteiger partial charge in [-0.05, 0) is 29.7 Å². The van der Waals surface area contributed by atoms with Crippen LogP contribution >= 0.6 is 0 Å². The number of nitrogens with one attached hydrogen (secondary N) is 2. The number of hydrogen-bond donors (Lipinski definition) is 3. The van der Waals surface area contributed by atoms with Crippen LogP contribution in [0.5, 0.6) is 11.5 Å². The number of carboxylic acids is 1. The van der Waals surface area contributed by atoms with Gasteiger partial charge in [0.25, 0.3) is 5.91 Å². The van der Waals surface area contributed by atoms with Crippen molar-refractivity contribution in [2.75, 3.05) is 14.2 Å². The highest BCUT2D eigenvalue weighted by Crippen LogP contribution is 2.39. The summed E-state index contributed by atoms with van der Waals surface area (Å²) in [6, 6.07) is 20.9. The Hall–Kier alpha value is -4.33. The van der Waals surface area contributed by atoms with E-state index >= 15 is 0 Å². The molecule has 0 fully saturated rings. The van der Waals surface area contributed by atoms with Gasteiger partial charge in [-0.15, -0.1) is 0 Å². The van der Waals surface area contributed by atoms with Crippen molar-refractivity contribution in [2.24, 2.45) is 0 Å². The van der Waals surface area contributed by atoms with E-state index in [-0.39, 0.29) is 24.9 Å². The molecule has 0 bridgehead atoms. The molecule has 8 heteroatoms. The predicted octanol–water partition coefficient (Wildman–Crippen LogP) is 3.65. The van der Waals surface area contributed by atoms with Gasteiger partial charge in [0, 0.05) is 18.5 Å². The van der Waals surface area contributed by atoms with Crippen LogP contribution in [0, 0.1) is 0 Å². The van der Waals surface area contributed by atoms with Gasteiger partial charge in [-0.3, -0.25) is 14.4 Å². The van der Waals surface area contributed by atoms with E-state index in [1.165, 1.54) is 14.2 Å². The maximum Gasteiger partial charge on any atom is 0.303 e. The Kier molecular flexibility index (Phi) is 8.83. The van der Waals surface area contributed by atoms with Crippen molar-refractivity contribution in [2.45, 2.75) is 25.4 Å². The van der Waals surface area contributed by atoms with Gasteiger partial charge in [-0.25, -0.2) is 0 Å². The largest absolute Gasteiger partial charge is 0.496 e. The summed E-state index contributed by atoms with van der Waals surface area (Å²) in [7, 11) is 2.99. The molecule has 35 heavy (non-hydrogen) atoms. The first-order valence-electron chi connectivity index (χ1n) is 11.1. The van der Waals surface area contributed by atoms with E-state index in [0.29, 0.717) is 17.1 Å². The summed E-state index contributed by atoms with van der Waals surface area (Å²) in [6.45, 7) is 0.256. The molecule has 3 rings (SSSR count). The molecule has 0 aliphatic rings. The first-order valence-corrected chi connectivity index (χ1v) is 11.1. The summed E-state index contributed by atoms with van der Waals surface area (Å²) in [5.41, 5.74) is 2.65. The van der Waals surface area contributed by atoms with Crippen molar-refractivity contribution in [3.05, 3.63) is 83.9 Å². The minimum Gasteiger partial charge on any atom is -0.496 e. The maximum absolute atomic E-state index is 13.1. The number of carbonyl (C=O) groups excluding carboxylic acids is 2. The van der Waals surface area contributed by atoms with Crippen molar-refractivity contribution in [3.63, 3.8) is 0 Å². The van der Waals surface area contributed by atoms with Crippen LogP contribution in [0.4, 0.5) is 0 Å². The van der Waals surface area contributed by atoms with E-state index in [9.17, 15) is 14.4 Å². The quantitative estimate of drug-likeness (QED) is 0.389. The van der Waals surface area contributed by atoms with Gasteiger partial charge < -0.3 is 25.2 Å². The number of amides is 2. The lowest BCUT2D eigenvalue weighted by molar-refractivity contribution is -0.137. The van der Waals surface area contributed by atoms with Gasteiger partial charge in [-0.2, -0.15) is 0 Å². The van der Waals surface area contributed by atoms with Gasteiger partial charge in [-0.1, -0.05) is 60.7 Å². The third kappa shape index (κ3) is 6.83. The number of methoxy groups -OCH3 is 2. The molecule has 0 spiro atoms. The number of carboxylic acid groups (broad SMARTS) is 1. The Labute approximate surface area is 203 Å². The molecule has 8 nitrogen and oxygen atoms in total. The topological polar surface area (TPSA) is 114 Å². The predicted molar refractivity (Wildman–Crippen MR) is 131 cm³/mol. The van der Waals surface area contributed by atoms with Gasteiger partial charge in [0.15, 0.2) is 0 Å². The van der Waals surface area contributed by atoms with Gasteiger partial charge in [0.2, 0.25) is 5.91 Å². The van der Waals surface area contributed by atoms with Crippen molar-refractivity contribution < 1.29 is 29.0 Å². The molecule has 1 atom stereocenters. The van der Waals surface area contributed by atoms with E-state index < -0.39 is 23.8 Å². The van der Waals surface area contributed by atoms with Crippen LogP contribution < -0.4 is 20.1 Å². The second-order valence-electron chi connectivity index (χ2n) is 7.78. The number of ether oxygens (including phenoxy) is 2. The lowest BCUT2D eigenvalue weighted by Crippen LogP contribution is -2.46. The Morgan fingerprint density at radius 3 is 2.00 bits per heavy atom. The summed E-state index contributed by atoms with van der Waals surface area (Å²) < 4.78 is 11.1. The van der Waals surface area contributed by atoms with E-state index in [0.717, 1.165) is 11.1 Å². The lowest BCUT2D eigenvalue weighted by atomic mass is 10.0. The highest BCUT2D eigenvalue weighted by molar-refractivity contribution is 5.99. The zero-order valence-corrected chi connectivity index (χ0v) is 19.6. The Bertz CT molecular complexity index is 1140. The zero-order chi connectivity index (χ0) is 25.2. The molecule has 182 valence electrons. The van der Waals surface area contributed by atoms with Crippen LogP contribution in [-0.2, 0) is 16.1 Å². The second-order valence-corrected chi connectivity index (χ2v) is 7.78. The van der Waals surface area contributed by atoms with E-state index in [1.807, 2.05) is 60.7 Å². The summed E-state index contributed by atoms with van der Waals surface area (Å²) in [4.78, 5) is 37.0. The summed E-state index contributed by atoms with van der Waals surface area (Å²) in [5.74, 6) is -1.22. The first-order chi connectivity index (χ1) is 16.9. The lowest BCUT2D eigenvalue weighted by Gasteiger charge is -2.19. The fraction of sp³-hybridized carbons (Fsp3) is 0.222. The molecular weight excluding hydrogens is 448 g/mol. The monoisotopic (exact) mass is 476 g/mol. The fourth-order valence-corrected chi connectivity index (χ4v) is 3.62. The second kappa shape index (κ2) is 12.2.